The first-order valence-electron chi connectivity index (χ1n) is 7.83. The van der Waals surface area contributed by atoms with Gasteiger partial charge in [-0.15, -0.1) is 0 Å². The Morgan fingerprint density at radius 1 is 1.40 bits per heavy atom. The van der Waals surface area contributed by atoms with E-state index in [4.69, 9.17) is 4.74 Å². The van der Waals surface area contributed by atoms with Crippen molar-refractivity contribution in [3.05, 3.63) is 22.1 Å². The molecule has 114 valence electrons. The molecule has 0 spiro atoms. The highest BCUT2D eigenvalue weighted by atomic mass is 32.2. The second-order valence-corrected chi connectivity index (χ2v) is 6.73. The standard InChI is InChI=1S/C16H28N2OS/c1-4-14-11-16(20-12-15(14)13(2)3)17-5-6-18-7-9-19-10-8-18/h11-14,17H,4-10H2,1-3H3. The van der Waals surface area contributed by atoms with Gasteiger partial charge in [0.15, 0.2) is 0 Å². The molecule has 1 saturated heterocycles. The zero-order valence-electron chi connectivity index (χ0n) is 13.0. The molecule has 1 N–H and O–H groups in total. The van der Waals surface area contributed by atoms with Gasteiger partial charge in [0.25, 0.3) is 0 Å². The van der Waals surface area contributed by atoms with Gasteiger partial charge in [0.1, 0.15) is 0 Å². The molecule has 0 saturated carbocycles. The average molecular weight is 296 g/mol. The summed E-state index contributed by atoms with van der Waals surface area (Å²) in [5, 5.41) is 7.27. The Kier molecular flexibility index (Phi) is 6.46. The van der Waals surface area contributed by atoms with Crippen LogP contribution in [0.25, 0.3) is 0 Å². The van der Waals surface area contributed by atoms with E-state index < -0.39 is 0 Å². The van der Waals surface area contributed by atoms with Crippen LogP contribution >= 0.6 is 11.8 Å². The molecule has 0 aromatic rings. The minimum absolute atomic E-state index is 0.613. The molecule has 1 fully saturated rings. The summed E-state index contributed by atoms with van der Waals surface area (Å²) < 4.78 is 5.37. The molecule has 3 nitrogen and oxygen atoms in total. The van der Waals surface area contributed by atoms with Crippen molar-refractivity contribution in [3.8, 4) is 0 Å². The van der Waals surface area contributed by atoms with E-state index in [0.717, 1.165) is 39.4 Å². The van der Waals surface area contributed by atoms with E-state index >= 15 is 0 Å². The summed E-state index contributed by atoms with van der Waals surface area (Å²) >= 11 is 1.85. The van der Waals surface area contributed by atoms with Crippen molar-refractivity contribution >= 4 is 11.8 Å². The summed E-state index contributed by atoms with van der Waals surface area (Å²) in [5.74, 6) is 1.26. The number of nitrogens with one attached hydrogen (secondary N) is 1. The molecule has 0 radical (unpaired) electrons. The molecule has 2 rings (SSSR count). The summed E-state index contributed by atoms with van der Waals surface area (Å²) in [6.07, 6.45) is 3.61. The van der Waals surface area contributed by atoms with Gasteiger partial charge < -0.3 is 10.1 Å². The fourth-order valence-corrected chi connectivity index (χ4v) is 3.86. The van der Waals surface area contributed by atoms with Gasteiger partial charge in [-0.05, 0) is 23.8 Å². The van der Waals surface area contributed by atoms with E-state index in [9.17, 15) is 0 Å². The smallest absolute Gasteiger partial charge is 0.0689 e. The van der Waals surface area contributed by atoms with Crippen molar-refractivity contribution in [1.29, 1.82) is 0 Å². The average Bonchev–Trinajstić information content (AvgIpc) is 2.48. The molecule has 2 aliphatic heterocycles. The summed E-state index contributed by atoms with van der Waals surface area (Å²) in [5.41, 5.74) is 1.58. The molecule has 0 amide bonds. The highest BCUT2D eigenvalue weighted by molar-refractivity contribution is 8.05. The summed E-state index contributed by atoms with van der Waals surface area (Å²) in [6, 6.07) is 0. The van der Waals surface area contributed by atoms with Crippen molar-refractivity contribution in [2.24, 2.45) is 11.8 Å². The predicted octanol–water partition coefficient (Wildman–Crippen LogP) is 3.06. The highest BCUT2D eigenvalue weighted by Crippen LogP contribution is 2.34. The maximum Gasteiger partial charge on any atom is 0.0689 e. The number of nitrogens with zero attached hydrogens (tertiary/aromatic N) is 1. The maximum absolute atomic E-state index is 5.37. The Labute approximate surface area is 127 Å². The van der Waals surface area contributed by atoms with E-state index in [2.05, 4.69) is 42.5 Å². The molecule has 1 unspecified atom stereocenters. The van der Waals surface area contributed by atoms with Crippen molar-refractivity contribution in [2.45, 2.75) is 27.2 Å². The zero-order chi connectivity index (χ0) is 14.4. The molecular weight excluding hydrogens is 268 g/mol. The number of allylic oxidation sites excluding steroid dienone is 2. The number of morpholine rings is 1. The van der Waals surface area contributed by atoms with Crippen molar-refractivity contribution in [1.82, 2.24) is 10.2 Å². The topological polar surface area (TPSA) is 24.5 Å². The lowest BCUT2D eigenvalue weighted by molar-refractivity contribution is 0.0387. The summed E-state index contributed by atoms with van der Waals surface area (Å²) in [4.78, 5) is 2.47. The molecule has 0 bridgehead atoms. The van der Waals surface area contributed by atoms with E-state index in [-0.39, 0.29) is 0 Å². The highest BCUT2D eigenvalue weighted by Gasteiger charge is 2.18. The molecule has 20 heavy (non-hydrogen) atoms. The molecule has 1 atom stereocenters. The van der Waals surface area contributed by atoms with Crippen LogP contribution in [0.15, 0.2) is 22.1 Å². The lowest BCUT2D eigenvalue weighted by atomic mass is 9.89. The molecule has 0 aromatic heterocycles. The Morgan fingerprint density at radius 2 is 2.15 bits per heavy atom. The third-order valence-electron chi connectivity index (χ3n) is 4.04. The minimum atomic E-state index is 0.613. The Bertz CT molecular complexity index is 359. The van der Waals surface area contributed by atoms with Gasteiger partial charge in [0.05, 0.1) is 18.2 Å². The van der Waals surface area contributed by atoms with Crippen LogP contribution in [0.4, 0.5) is 0 Å². The zero-order valence-corrected chi connectivity index (χ0v) is 13.8. The molecular formula is C16H28N2OS. The molecule has 2 heterocycles. The molecule has 4 heteroatoms. The monoisotopic (exact) mass is 296 g/mol. The van der Waals surface area contributed by atoms with Gasteiger partial charge in [-0.1, -0.05) is 38.1 Å². The first kappa shape index (κ1) is 15.9. The van der Waals surface area contributed by atoms with E-state index in [1.54, 1.807) is 5.57 Å². The van der Waals surface area contributed by atoms with Gasteiger partial charge in [0.2, 0.25) is 0 Å². The predicted molar refractivity (Wildman–Crippen MR) is 87.6 cm³/mol. The van der Waals surface area contributed by atoms with E-state index in [1.165, 1.54) is 11.4 Å². The quantitative estimate of drug-likeness (QED) is 0.814. The van der Waals surface area contributed by atoms with Crippen LogP contribution in [0.1, 0.15) is 27.2 Å². The number of hydrogen-bond donors (Lipinski definition) is 1. The Morgan fingerprint density at radius 3 is 2.80 bits per heavy atom. The SMILES string of the molecule is CCC1C=C(NCCN2CCOCC2)SC=C1C(C)C. The second kappa shape index (κ2) is 8.11. The fraction of sp³-hybridized carbons (Fsp3) is 0.750. The van der Waals surface area contributed by atoms with Crippen LogP contribution in [0, 0.1) is 11.8 Å². The van der Waals surface area contributed by atoms with Crippen LogP contribution in [-0.4, -0.2) is 44.3 Å². The van der Waals surface area contributed by atoms with Gasteiger partial charge >= 0.3 is 0 Å². The molecule has 0 aliphatic carbocycles. The third kappa shape index (κ3) is 4.54. The Hall–Kier alpha value is -0.450. The van der Waals surface area contributed by atoms with Gasteiger partial charge in [-0.3, -0.25) is 4.90 Å². The first-order valence-corrected chi connectivity index (χ1v) is 8.71. The fourth-order valence-electron chi connectivity index (χ4n) is 2.72. The maximum atomic E-state index is 5.37. The number of hydrogen-bond acceptors (Lipinski definition) is 4. The largest absolute Gasteiger partial charge is 0.379 e. The van der Waals surface area contributed by atoms with Gasteiger partial charge in [-0.2, -0.15) is 0 Å². The summed E-state index contributed by atoms with van der Waals surface area (Å²) in [6.45, 7) is 12.9. The summed E-state index contributed by atoms with van der Waals surface area (Å²) in [7, 11) is 0. The van der Waals surface area contributed by atoms with Crippen LogP contribution in [0.3, 0.4) is 0 Å². The first-order chi connectivity index (χ1) is 9.70. The molecule has 2 aliphatic rings. The van der Waals surface area contributed by atoms with Crippen LogP contribution in [-0.2, 0) is 4.74 Å². The van der Waals surface area contributed by atoms with Gasteiger partial charge in [0, 0.05) is 32.1 Å². The van der Waals surface area contributed by atoms with Crippen LogP contribution in [0.2, 0.25) is 0 Å². The van der Waals surface area contributed by atoms with Crippen LogP contribution < -0.4 is 5.32 Å². The normalized spacial score (nSPS) is 24.5. The van der Waals surface area contributed by atoms with Crippen LogP contribution in [0.5, 0.6) is 0 Å². The van der Waals surface area contributed by atoms with Gasteiger partial charge in [-0.25, -0.2) is 0 Å². The third-order valence-corrected chi connectivity index (χ3v) is 4.96. The van der Waals surface area contributed by atoms with Crippen molar-refractivity contribution < 1.29 is 4.74 Å². The van der Waals surface area contributed by atoms with Crippen molar-refractivity contribution in [2.75, 3.05) is 39.4 Å². The number of rotatable bonds is 6. The number of thioether (sulfide) groups is 1. The van der Waals surface area contributed by atoms with Crippen molar-refractivity contribution in [3.63, 3.8) is 0 Å². The van der Waals surface area contributed by atoms with E-state index in [0.29, 0.717) is 11.8 Å². The number of ether oxygens (including phenoxy) is 1. The lowest BCUT2D eigenvalue weighted by Gasteiger charge is -2.28. The molecule has 0 aromatic carbocycles. The minimum Gasteiger partial charge on any atom is -0.379 e. The Balaban J connectivity index is 1.76. The lowest BCUT2D eigenvalue weighted by Crippen LogP contribution is -2.40. The second-order valence-electron chi connectivity index (χ2n) is 5.82. The van der Waals surface area contributed by atoms with E-state index in [1.807, 2.05) is 11.8 Å².